The average Bonchev–Trinajstić information content (AvgIpc) is 3.16. The minimum Gasteiger partial charge on any atom is -0.456 e. The summed E-state index contributed by atoms with van der Waals surface area (Å²) in [5, 5.41) is 7.09. The lowest BCUT2D eigenvalue weighted by Gasteiger charge is -2.24. The SMILES string of the molecule is Cc1cc(C)c(C(=O)NC[C@@H]2CC(=O)N(C)[C@H]2c2cnn(C)c2)o1. The van der Waals surface area contributed by atoms with E-state index in [2.05, 4.69) is 10.4 Å². The van der Waals surface area contributed by atoms with Gasteiger partial charge in [0, 0.05) is 50.3 Å². The molecule has 2 aromatic heterocycles. The lowest BCUT2D eigenvalue weighted by molar-refractivity contribution is -0.127. The number of aryl methyl sites for hydroxylation is 3. The van der Waals surface area contributed by atoms with Crippen LogP contribution in [0.15, 0.2) is 22.9 Å². The Kier molecular flexibility index (Phi) is 4.17. The minimum absolute atomic E-state index is 0.00650. The molecule has 1 aliphatic heterocycles. The molecule has 7 nitrogen and oxygen atoms in total. The largest absolute Gasteiger partial charge is 0.456 e. The Morgan fingerprint density at radius 3 is 2.75 bits per heavy atom. The van der Waals surface area contributed by atoms with Crippen molar-refractivity contribution >= 4 is 11.8 Å². The van der Waals surface area contributed by atoms with E-state index in [1.165, 1.54) is 0 Å². The molecule has 24 heavy (non-hydrogen) atoms. The second kappa shape index (κ2) is 6.14. The summed E-state index contributed by atoms with van der Waals surface area (Å²) in [4.78, 5) is 26.2. The number of hydrogen-bond acceptors (Lipinski definition) is 4. The third-order valence-corrected chi connectivity index (χ3v) is 4.53. The molecular weight excluding hydrogens is 308 g/mol. The van der Waals surface area contributed by atoms with E-state index in [9.17, 15) is 9.59 Å². The molecule has 3 rings (SSSR count). The zero-order valence-corrected chi connectivity index (χ0v) is 14.4. The maximum absolute atomic E-state index is 12.3. The molecule has 2 aromatic rings. The van der Waals surface area contributed by atoms with Gasteiger partial charge >= 0.3 is 0 Å². The second-order valence-corrected chi connectivity index (χ2v) is 6.44. The molecule has 2 atom stereocenters. The van der Waals surface area contributed by atoms with Crippen LogP contribution in [0.1, 0.15) is 39.9 Å². The van der Waals surface area contributed by atoms with Crippen molar-refractivity contribution in [2.45, 2.75) is 26.3 Å². The normalized spacial score (nSPS) is 20.7. The topological polar surface area (TPSA) is 80.4 Å². The number of furan rings is 1. The van der Waals surface area contributed by atoms with E-state index in [-0.39, 0.29) is 23.8 Å². The van der Waals surface area contributed by atoms with Gasteiger partial charge in [0.25, 0.3) is 5.91 Å². The Bertz CT molecular complexity index is 777. The lowest BCUT2D eigenvalue weighted by atomic mass is 9.95. The fraction of sp³-hybridized carbons (Fsp3) is 0.471. The van der Waals surface area contributed by atoms with Gasteiger partial charge in [-0.1, -0.05) is 0 Å². The van der Waals surface area contributed by atoms with Crippen molar-refractivity contribution in [3.63, 3.8) is 0 Å². The molecule has 7 heteroatoms. The lowest BCUT2D eigenvalue weighted by Crippen LogP contribution is -2.32. The maximum atomic E-state index is 12.3. The highest BCUT2D eigenvalue weighted by atomic mass is 16.3. The fourth-order valence-electron chi connectivity index (χ4n) is 3.39. The summed E-state index contributed by atoms with van der Waals surface area (Å²) in [6.07, 6.45) is 4.09. The predicted octanol–water partition coefficient (Wildman–Crippen LogP) is 1.58. The van der Waals surface area contributed by atoms with Gasteiger partial charge in [-0.25, -0.2) is 0 Å². The highest BCUT2D eigenvalue weighted by molar-refractivity contribution is 5.93. The summed E-state index contributed by atoms with van der Waals surface area (Å²) in [7, 11) is 3.64. The number of carbonyl (C=O) groups excluding carboxylic acids is 2. The molecule has 1 saturated heterocycles. The highest BCUT2D eigenvalue weighted by Crippen LogP contribution is 2.36. The zero-order valence-electron chi connectivity index (χ0n) is 14.4. The molecule has 0 aliphatic carbocycles. The molecule has 0 saturated carbocycles. The van der Waals surface area contributed by atoms with Crippen molar-refractivity contribution in [1.29, 1.82) is 0 Å². The standard InChI is InChI=1S/C17H22N4O3/c1-10-5-11(2)24-16(10)17(23)18-7-12-6-14(22)21(4)15(12)13-8-19-20(3)9-13/h5,8-9,12,15H,6-7H2,1-4H3,(H,18,23)/t12-,15+/m0/s1. The molecule has 0 unspecified atom stereocenters. The molecule has 1 N–H and O–H groups in total. The fourth-order valence-corrected chi connectivity index (χ4v) is 3.39. The van der Waals surface area contributed by atoms with Crippen LogP contribution in [0.3, 0.4) is 0 Å². The zero-order chi connectivity index (χ0) is 17.4. The quantitative estimate of drug-likeness (QED) is 0.923. The van der Waals surface area contributed by atoms with Gasteiger partial charge in [0.1, 0.15) is 5.76 Å². The van der Waals surface area contributed by atoms with Crippen LogP contribution in [-0.2, 0) is 11.8 Å². The molecule has 3 heterocycles. The van der Waals surface area contributed by atoms with Gasteiger partial charge in [0.05, 0.1) is 12.2 Å². The Balaban J connectivity index is 1.72. The van der Waals surface area contributed by atoms with Gasteiger partial charge in [0.2, 0.25) is 5.91 Å². The first-order valence-corrected chi connectivity index (χ1v) is 7.96. The summed E-state index contributed by atoms with van der Waals surface area (Å²) in [6.45, 7) is 4.07. The second-order valence-electron chi connectivity index (χ2n) is 6.44. The Labute approximate surface area is 140 Å². The smallest absolute Gasteiger partial charge is 0.287 e. The first-order chi connectivity index (χ1) is 11.4. The molecule has 2 amide bonds. The highest BCUT2D eigenvalue weighted by Gasteiger charge is 2.39. The van der Waals surface area contributed by atoms with Gasteiger partial charge in [0.15, 0.2) is 5.76 Å². The van der Waals surface area contributed by atoms with E-state index in [0.717, 1.165) is 11.1 Å². The van der Waals surface area contributed by atoms with Crippen molar-refractivity contribution < 1.29 is 14.0 Å². The molecule has 0 radical (unpaired) electrons. The van der Waals surface area contributed by atoms with E-state index in [1.807, 2.05) is 33.2 Å². The summed E-state index contributed by atoms with van der Waals surface area (Å²) < 4.78 is 7.16. The van der Waals surface area contributed by atoms with E-state index in [0.29, 0.717) is 24.5 Å². The van der Waals surface area contributed by atoms with E-state index in [4.69, 9.17) is 4.42 Å². The van der Waals surface area contributed by atoms with Gasteiger partial charge < -0.3 is 14.6 Å². The number of aromatic nitrogens is 2. The first kappa shape index (κ1) is 16.3. The van der Waals surface area contributed by atoms with Crippen molar-refractivity contribution in [3.8, 4) is 0 Å². The Morgan fingerprint density at radius 2 is 2.17 bits per heavy atom. The number of amides is 2. The van der Waals surface area contributed by atoms with Crippen LogP contribution in [-0.4, -0.2) is 40.1 Å². The number of nitrogens with one attached hydrogen (secondary N) is 1. The first-order valence-electron chi connectivity index (χ1n) is 7.96. The van der Waals surface area contributed by atoms with E-state index < -0.39 is 0 Å². The molecule has 128 valence electrons. The molecule has 0 bridgehead atoms. The third-order valence-electron chi connectivity index (χ3n) is 4.53. The van der Waals surface area contributed by atoms with Crippen molar-refractivity contribution in [1.82, 2.24) is 20.0 Å². The minimum atomic E-state index is -0.243. The van der Waals surface area contributed by atoms with Gasteiger partial charge in [-0.2, -0.15) is 5.10 Å². The predicted molar refractivity (Wildman–Crippen MR) is 87.3 cm³/mol. The average molecular weight is 330 g/mol. The maximum Gasteiger partial charge on any atom is 0.287 e. The number of nitrogens with zero attached hydrogens (tertiary/aromatic N) is 3. The molecule has 1 aliphatic rings. The Hall–Kier alpha value is -2.57. The van der Waals surface area contributed by atoms with E-state index >= 15 is 0 Å². The van der Waals surface area contributed by atoms with Crippen molar-refractivity contribution in [2.24, 2.45) is 13.0 Å². The van der Waals surface area contributed by atoms with Crippen LogP contribution in [0.2, 0.25) is 0 Å². The molecule has 0 aromatic carbocycles. The molecular formula is C17H22N4O3. The molecule has 1 fully saturated rings. The van der Waals surface area contributed by atoms with Crippen LogP contribution in [0.4, 0.5) is 0 Å². The number of likely N-dealkylation sites (tertiary alicyclic amines) is 1. The molecule has 0 spiro atoms. The van der Waals surface area contributed by atoms with Crippen LogP contribution in [0.25, 0.3) is 0 Å². The van der Waals surface area contributed by atoms with Crippen LogP contribution >= 0.6 is 0 Å². The Morgan fingerprint density at radius 1 is 1.42 bits per heavy atom. The van der Waals surface area contributed by atoms with Crippen molar-refractivity contribution in [2.75, 3.05) is 13.6 Å². The van der Waals surface area contributed by atoms with Gasteiger partial charge in [-0.05, 0) is 19.9 Å². The number of hydrogen-bond donors (Lipinski definition) is 1. The summed E-state index contributed by atoms with van der Waals surface area (Å²) in [5.41, 5.74) is 1.79. The number of carbonyl (C=O) groups is 2. The van der Waals surface area contributed by atoms with E-state index in [1.54, 1.807) is 22.8 Å². The van der Waals surface area contributed by atoms with Crippen LogP contribution in [0, 0.1) is 19.8 Å². The number of rotatable bonds is 4. The van der Waals surface area contributed by atoms with Crippen molar-refractivity contribution in [3.05, 3.63) is 41.1 Å². The summed E-state index contributed by atoms with van der Waals surface area (Å²) in [5.74, 6) is 0.887. The van der Waals surface area contributed by atoms with Gasteiger partial charge in [-0.3, -0.25) is 14.3 Å². The van der Waals surface area contributed by atoms with Gasteiger partial charge in [-0.15, -0.1) is 0 Å². The van der Waals surface area contributed by atoms with Crippen LogP contribution < -0.4 is 5.32 Å². The van der Waals surface area contributed by atoms with Crippen LogP contribution in [0.5, 0.6) is 0 Å². The summed E-state index contributed by atoms with van der Waals surface area (Å²) >= 11 is 0. The third kappa shape index (κ3) is 2.93. The monoisotopic (exact) mass is 330 g/mol. The summed E-state index contributed by atoms with van der Waals surface area (Å²) in [6, 6.07) is 1.76.